The van der Waals surface area contributed by atoms with Gasteiger partial charge in [0.05, 0.1) is 28.4 Å². The van der Waals surface area contributed by atoms with E-state index in [0.717, 1.165) is 31.7 Å². The summed E-state index contributed by atoms with van der Waals surface area (Å²) in [6, 6.07) is 4.30. The molecular weight excluding hydrogens is 484 g/mol. The first-order valence-corrected chi connectivity index (χ1v) is 13.5. The van der Waals surface area contributed by atoms with Crippen LogP contribution >= 0.6 is 23.4 Å². The molecule has 0 radical (unpaired) electrons. The molecule has 2 heterocycles. The van der Waals surface area contributed by atoms with Gasteiger partial charge in [-0.15, -0.1) is 0 Å². The number of anilines is 2. The molecule has 33 heavy (non-hydrogen) atoms. The summed E-state index contributed by atoms with van der Waals surface area (Å²) in [6.07, 6.45) is 6.63. The highest BCUT2D eigenvalue weighted by Crippen LogP contribution is 2.37. The first-order chi connectivity index (χ1) is 15.7. The normalized spacial score (nSPS) is 18.1. The Kier molecular flexibility index (Phi) is 7.04. The molecule has 9 nitrogen and oxygen atoms in total. The van der Waals surface area contributed by atoms with Crippen molar-refractivity contribution in [3.63, 3.8) is 0 Å². The fraction of sp³-hybridized carbons (Fsp3) is 0.476. The van der Waals surface area contributed by atoms with E-state index >= 15 is 0 Å². The van der Waals surface area contributed by atoms with Crippen molar-refractivity contribution in [2.75, 3.05) is 29.9 Å². The van der Waals surface area contributed by atoms with Crippen molar-refractivity contribution in [1.82, 2.24) is 14.7 Å². The van der Waals surface area contributed by atoms with Gasteiger partial charge in [0.25, 0.3) is 0 Å². The number of carbonyl (C=O) groups excluding carboxylic acids is 1. The quantitative estimate of drug-likeness (QED) is 0.516. The van der Waals surface area contributed by atoms with Crippen LogP contribution in [0.1, 0.15) is 32.6 Å². The Morgan fingerprint density at radius 3 is 2.61 bits per heavy atom. The van der Waals surface area contributed by atoms with Crippen LogP contribution in [0.15, 0.2) is 40.5 Å². The lowest BCUT2D eigenvalue weighted by Gasteiger charge is -2.39. The maximum Gasteiger partial charge on any atom is 0.332 e. The standard InChI is InChI=1S/C21H27ClN6O3S2/c1-21(13-23)7-9-28(10-8-21)17-11-25-18(12-24-17)32-16-4-2-3-15(19(16)22)26-20(29)27-33(30,31)14-5-6-14/h2-4,11-12,14H,5-10,13,23H2,1H3,(H2,26,27,29). The molecule has 0 unspecified atom stereocenters. The molecule has 4 N–H and O–H groups in total. The van der Waals surface area contributed by atoms with Crippen molar-refractivity contribution in [3.8, 4) is 0 Å². The minimum absolute atomic E-state index is 0.189. The van der Waals surface area contributed by atoms with Crippen LogP contribution in [0.2, 0.25) is 5.02 Å². The van der Waals surface area contributed by atoms with Crippen molar-refractivity contribution >= 4 is 50.9 Å². The molecule has 12 heteroatoms. The predicted octanol–water partition coefficient (Wildman–Crippen LogP) is 3.46. The third-order valence-electron chi connectivity index (χ3n) is 6.03. The molecule has 0 bridgehead atoms. The highest BCUT2D eigenvalue weighted by atomic mass is 35.5. The number of amides is 2. The van der Waals surface area contributed by atoms with Gasteiger partial charge in [-0.1, -0.05) is 36.4 Å². The second kappa shape index (κ2) is 9.65. The van der Waals surface area contributed by atoms with Crippen molar-refractivity contribution in [3.05, 3.63) is 35.6 Å². The second-order valence-electron chi connectivity index (χ2n) is 8.73. The van der Waals surface area contributed by atoms with Gasteiger partial charge in [-0.2, -0.15) is 0 Å². The second-order valence-corrected chi connectivity index (χ2v) is 12.1. The lowest BCUT2D eigenvalue weighted by Crippen LogP contribution is -2.42. The lowest BCUT2D eigenvalue weighted by molar-refractivity contribution is 0.256. The van der Waals surface area contributed by atoms with Crippen LogP contribution in [0, 0.1) is 5.41 Å². The van der Waals surface area contributed by atoms with Gasteiger partial charge in [-0.25, -0.2) is 27.9 Å². The number of hydrogen-bond acceptors (Lipinski definition) is 8. The average molecular weight is 511 g/mol. The largest absolute Gasteiger partial charge is 0.355 e. The summed E-state index contributed by atoms with van der Waals surface area (Å²) in [6.45, 7) is 4.70. The maximum atomic E-state index is 12.1. The van der Waals surface area contributed by atoms with Gasteiger partial charge >= 0.3 is 6.03 Å². The number of nitrogens with two attached hydrogens (primary N) is 1. The smallest absolute Gasteiger partial charge is 0.332 e. The maximum absolute atomic E-state index is 12.1. The number of urea groups is 1. The van der Waals surface area contributed by atoms with Crippen LogP contribution in [-0.4, -0.2) is 49.3 Å². The predicted molar refractivity (Wildman–Crippen MR) is 130 cm³/mol. The molecular formula is C21H27ClN6O3S2. The first-order valence-electron chi connectivity index (χ1n) is 10.8. The lowest BCUT2D eigenvalue weighted by atomic mass is 9.80. The Bertz CT molecular complexity index is 1120. The van der Waals surface area contributed by atoms with Gasteiger partial charge in [-0.3, -0.25) is 0 Å². The van der Waals surface area contributed by atoms with E-state index in [9.17, 15) is 13.2 Å². The fourth-order valence-corrected chi connectivity index (χ4v) is 5.85. The number of carbonyl (C=O) groups is 1. The van der Waals surface area contributed by atoms with E-state index < -0.39 is 21.3 Å². The molecule has 1 saturated heterocycles. The summed E-state index contributed by atoms with van der Waals surface area (Å²) in [7, 11) is -3.64. The zero-order chi connectivity index (χ0) is 23.6. The molecule has 0 atom stereocenters. The van der Waals surface area contributed by atoms with E-state index in [-0.39, 0.29) is 5.41 Å². The number of aromatic nitrogens is 2. The molecule has 2 aromatic rings. The zero-order valence-electron chi connectivity index (χ0n) is 18.3. The topological polar surface area (TPSA) is 130 Å². The Labute approximate surface area is 202 Å². The van der Waals surface area contributed by atoms with Gasteiger partial charge in [-0.05, 0) is 49.8 Å². The summed E-state index contributed by atoms with van der Waals surface area (Å²) in [5.41, 5.74) is 6.39. The van der Waals surface area contributed by atoms with Gasteiger partial charge in [0.1, 0.15) is 10.8 Å². The molecule has 1 aliphatic carbocycles. The van der Waals surface area contributed by atoms with Crippen LogP contribution in [0.4, 0.5) is 16.3 Å². The van der Waals surface area contributed by atoms with Crippen LogP contribution in [-0.2, 0) is 10.0 Å². The SMILES string of the molecule is CC1(CN)CCN(c2cnc(Sc3cccc(NC(=O)NS(=O)(=O)C4CC4)c3Cl)cn2)CC1. The summed E-state index contributed by atoms with van der Waals surface area (Å²) in [4.78, 5) is 24.1. The number of halogens is 1. The Morgan fingerprint density at radius 1 is 1.27 bits per heavy atom. The summed E-state index contributed by atoms with van der Waals surface area (Å²) in [5.74, 6) is 0.827. The number of piperidine rings is 1. The molecule has 178 valence electrons. The van der Waals surface area contributed by atoms with Crippen LogP contribution in [0.3, 0.4) is 0 Å². The highest BCUT2D eigenvalue weighted by molar-refractivity contribution is 7.99. The van der Waals surface area contributed by atoms with Gasteiger partial charge in [0, 0.05) is 18.0 Å². The van der Waals surface area contributed by atoms with Crippen molar-refractivity contribution in [1.29, 1.82) is 0 Å². The van der Waals surface area contributed by atoms with E-state index in [2.05, 4.69) is 27.1 Å². The van der Waals surface area contributed by atoms with Crippen LogP contribution < -0.4 is 20.7 Å². The van der Waals surface area contributed by atoms with E-state index in [1.807, 2.05) is 4.72 Å². The fourth-order valence-electron chi connectivity index (χ4n) is 3.54. The molecule has 1 aromatic carbocycles. The molecule has 2 aliphatic rings. The molecule has 2 fully saturated rings. The third kappa shape index (κ3) is 5.89. The van der Waals surface area contributed by atoms with Crippen molar-refractivity contribution < 1.29 is 13.2 Å². The first kappa shape index (κ1) is 24.1. The molecule has 2 amide bonds. The minimum atomic E-state index is -3.64. The minimum Gasteiger partial charge on any atom is -0.355 e. The highest BCUT2D eigenvalue weighted by Gasteiger charge is 2.37. The summed E-state index contributed by atoms with van der Waals surface area (Å²) >= 11 is 7.77. The summed E-state index contributed by atoms with van der Waals surface area (Å²) < 4.78 is 25.9. The summed E-state index contributed by atoms with van der Waals surface area (Å²) in [5, 5.41) is 2.97. The number of sulfonamides is 1. The number of benzene rings is 1. The molecule has 1 saturated carbocycles. The Balaban J connectivity index is 1.38. The molecule has 1 aromatic heterocycles. The number of nitrogens with zero attached hydrogens (tertiary/aromatic N) is 3. The molecule has 1 aliphatic heterocycles. The van der Waals surface area contributed by atoms with Crippen molar-refractivity contribution in [2.24, 2.45) is 11.1 Å². The Hall–Kier alpha value is -2.08. The molecule has 0 spiro atoms. The van der Waals surface area contributed by atoms with Gasteiger partial charge in [0.2, 0.25) is 10.0 Å². The van der Waals surface area contributed by atoms with E-state index in [0.29, 0.717) is 40.0 Å². The van der Waals surface area contributed by atoms with Gasteiger partial charge < -0.3 is 16.0 Å². The third-order valence-corrected chi connectivity index (χ3v) is 9.34. The average Bonchev–Trinajstić information content (AvgIpc) is 3.64. The van der Waals surface area contributed by atoms with E-state index in [1.54, 1.807) is 30.6 Å². The zero-order valence-corrected chi connectivity index (χ0v) is 20.6. The monoisotopic (exact) mass is 510 g/mol. The van der Waals surface area contributed by atoms with Gasteiger partial charge in [0.15, 0.2) is 0 Å². The van der Waals surface area contributed by atoms with E-state index in [1.165, 1.54) is 11.8 Å². The van der Waals surface area contributed by atoms with Crippen molar-refractivity contribution in [2.45, 2.75) is 47.8 Å². The van der Waals surface area contributed by atoms with Crippen LogP contribution in [0.25, 0.3) is 0 Å². The molecule has 4 rings (SSSR count). The number of hydrogen-bond donors (Lipinski definition) is 3. The Morgan fingerprint density at radius 2 is 2.00 bits per heavy atom. The van der Waals surface area contributed by atoms with E-state index in [4.69, 9.17) is 17.3 Å². The van der Waals surface area contributed by atoms with Crippen LogP contribution in [0.5, 0.6) is 0 Å². The number of rotatable bonds is 7. The number of nitrogens with one attached hydrogen (secondary N) is 2.